The summed E-state index contributed by atoms with van der Waals surface area (Å²) in [7, 11) is 0. The highest BCUT2D eigenvalue weighted by Gasteiger charge is 2.16. The Balaban J connectivity index is 1.97. The molecule has 1 heterocycles. The van der Waals surface area contributed by atoms with E-state index in [1.807, 2.05) is 61.5 Å². The number of carbonyl (C=O) groups excluding carboxylic acids is 1. The van der Waals surface area contributed by atoms with Crippen molar-refractivity contribution in [3.05, 3.63) is 82.5 Å². The second kappa shape index (κ2) is 6.93. The van der Waals surface area contributed by atoms with Gasteiger partial charge in [0.2, 0.25) is 0 Å². The molecule has 3 rings (SSSR count). The second-order valence-corrected chi connectivity index (χ2v) is 6.23. The van der Waals surface area contributed by atoms with E-state index in [2.05, 4.69) is 10.6 Å². The number of primary amides is 1. The van der Waals surface area contributed by atoms with Gasteiger partial charge < -0.3 is 10.3 Å². The van der Waals surface area contributed by atoms with Crippen molar-refractivity contribution in [2.45, 2.75) is 19.9 Å². The van der Waals surface area contributed by atoms with Gasteiger partial charge in [-0.05, 0) is 42.7 Å². The molecule has 3 nitrogen and oxygen atoms in total. The van der Waals surface area contributed by atoms with Crippen LogP contribution in [0.4, 0.5) is 0 Å². The van der Waals surface area contributed by atoms with Crippen LogP contribution in [-0.4, -0.2) is 10.5 Å². The van der Waals surface area contributed by atoms with Gasteiger partial charge in [0.25, 0.3) is 5.91 Å². The maximum atomic E-state index is 11.7. The van der Waals surface area contributed by atoms with Gasteiger partial charge in [0.1, 0.15) is 0 Å². The van der Waals surface area contributed by atoms with Crippen LogP contribution in [0, 0.1) is 6.92 Å². The molecule has 0 bridgehead atoms. The maximum absolute atomic E-state index is 11.7. The lowest BCUT2D eigenvalue weighted by molar-refractivity contribution is 0.0999. The zero-order valence-electron chi connectivity index (χ0n) is 13.5. The fourth-order valence-electron chi connectivity index (χ4n) is 2.96. The Morgan fingerprint density at radius 3 is 2.50 bits per heavy atom. The number of rotatable bonds is 5. The summed E-state index contributed by atoms with van der Waals surface area (Å²) in [6.45, 7) is 2.69. The normalized spacial score (nSPS) is 10.8. The predicted octanol–water partition coefficient (Wildman–Crippen LogP) is 4.46. The van der Waals surface area contributed by atoms with E-state index in [0.29, 0.717) is 5.56 Å². The fraction of sp³-hybridized carbons (Fsp3) is 0.150. The van der Waals surface area contributed by atoms with Crippen molar-refractivity contribution < 1.29 is 4.79 Å². The van der Waals surface area contributed by atoms with Gasteiger partial charge in [0, 0.05) is 23.0 Å². The molecule has 0 aliphatic carbocycles. The summed E-state index contributed by atoms with van der Waals surface area (Å²) in [5.74, 6) is -0.397. The first-order valence-electron chi connectivity index (χ1n) is 7.86. The number of hydrogen-bond acceptors (Lipinski definition) is 1. The maximum Gasteiger partial charge on any atom is 0.250 e. The van der Waals surface area contributed by atoms with Crippen molar-refractivity contribution in [1.82, 2.24) is 4.57 Å². The summed E-state index contributed by atoms with van der Waals surface area (Å²) in [5.41, 5.74) is 10.2. The predicted molar refractivity (Wildman–Crippen MR) is 98.3 cm³/mol. The monoisotopic (exact) mass is 338 g/mol. The van der Waals surface area contributed by atoms with E-state index in [-0.39, 0.29) is 0 Å². The summed E-state index contributed by atoms with van der Waals surface area (Å²) in [6, 6.07) is 19.8. The van der Waals surface area contributed by atoms with Crippen LogP contribution in [0.2, 0.25) is 5.02 Å². The van der Waals surface area contributed by atoms with Gasteiger partial charge in [-0.15, -0.1) is 0 Å². The Labute approximate surface area is 146 Å². The summed E-state index contributed by atoms with van der Waals surface area (Å²) in [6.07, 6.45) is 0.827. The van der Waals surface area contributed by atoms with Crippen LogP contribution >= 0.6 is 11.6 Å². The van der Waals surface area contributed by atoms with Crippen molar-refractivity contribution >= 4 is 17.5 Å². The van der Waals surface area contributed by atoms with Crippen LogP contribution in [0.1, 0.15) is 21.6 Å². The molecule has 1 amide bonds. The summed E-state index contributed by atoms with van der Waals surface area (Å²) >= 11 is 6.06. The van der Waals surface area contributed by atoms with Gasteiger partial charge >= 0.3 is 0 Å². The molecule has 1 aromatic heterocycles. The SMILES string of the molecule is Cc1c(C(N)=O)cc(-c2ccccc2)n1CCc1cccc(Cl)c1. The van der Waals surface area contributed by atoms with E-state index in [1.54, 1.807) is 0 Å². The molecule has 0 saturated heterocycles. The van der Waals surface area contributed by atoms with Gasteiger partial charge in [-0.25, -0.2) is 0 Å². The molecule has 0 atom stereocenters. The smallest absolute Gasteiger partial charge is 0.250 e. The van der Waals surface area contributed by atoms with E-state index in [4.69, 9.17) is 17.3 Å². The molecule has 122 valence electrons. The average molecular weight is 339 g/mol. The Hall–Kier alpha value is -2.52. The molecule has 0 fully saturated rings. The number of aryl methyl sites for hydroxylation is 1. The minimum absolute atomic E-state index is 0.397. The molecule has 2 N–H and O–H groups in total. The number of hydrogen-bond donors (Lipinski definition) is 1. The number of carbonyl (C=O) groups is 1. The molecule has 2 aromatic carbocycles. The molecule has 0 aliphatic rings. The zero-order chi connectivity index (χ0) is 17.1. The number of amides is 1. The summed E-state index contributed by atoms with van der Waals surface area (Å²) in [4.78, 5) is 11.7. The van der Waals surface area contributed by atoms with Crippen LogP contribution in [0.25, 0.3) is 11.3 Å². The third kappa shape index (κ3) is 3.36. The summed E-state index contributed by atoms with van der Waals surface area (Å²) < 4.78 is 2.15. The molecule has 0 spiro atoms. The minimum atomic E-state index is -0.397. The van der Waals surface area contributed by atoms with Crippen molar-refractivity contribution in [3.63, 3.8) is 0 Å². The van der Waals surface area contributed by atoms with Gasteiger partial charge in [-0.2, -0.15) is 0 Å². The number of nitrogens with two attached hydrogens (primary N) is 1. The van der Waals surface area contributed by atoms with E-state index >= 15 is 0 Å². The minimum Gasteiger partial charge on any atom is -0.366 e. The topological polar surface area (TPSA) is 48.0 Å². The summed E-state index contributed by atoms with van der Waals surface area (Å²) in [5, 5.41) is 0.734. The lowest BCUT2D eigenvalue weighted by atomic mass is 10.1. The molecule has 24 heavy (non-hydrogen) atoms. The largest absolute Gasteiger partial charge is 0.366 e. The number of nitrogens with zero attached hydrogens (tertiary/aromatic N) is 1. The lowest BCUT2D eigenvalue weighted by Crippen LogP contribution is -2.13. The fourth-order valence-corrected chi connectivity index (χ4v) is 3.18. The Kier molecular flexibility index (Phi) is 4.72. The number of benzene rings is 2. The molecule has 3 aromatic rings. The zero-order valence-corrected chi connectivity index (χ0v) is 14.3. The third-order valence-corrected chi connectivity index (χ3v) is 4.45. The number of aromatic nitrogens is 1. The van der Waals surface area contributed by atoms with Gasteiger partial charge in [-0.3, -0.25) is 4.79 Å². The van der Waals surface area contributed by atoms with E-state index in [1.165, 1.54) is 0 Å². The average Bonchev–Trinajstić information content (AvgIpc) is 2.91. The second-order valence-electron chi connectivity index (χ2n) is 5.79. The highest BCUT2D eigenvalue weighted by Crippen LogP contribution is 2.26. The quantitative estimate of drug-likeness (QED) is 0.733. The Bertz CT molecular complexity index is 869. The molecular formula is C20H19ClN2O. The highest BCUT2D eigenvalue weighted by atomic mass is 35.5. The van der Waals surface area contributed by atoms with Crippen LogP contribution in [0.15, 0.2) is 60.7 Å². The highest BCUT2D eigenvalue weighted by molar-refractivity contribution is 6.30. The lowest BCUT2D eigenvalue weighted by Gasteiger charge is -2.12. The van der Waals surface area contributed by atoms with E-state index < -0.39 is 5.91 Å². The first-order chi connectivity index (χ1) is 11.6. The molecule has 0 radical (unpaired) electrons. The third-order valence-electron chi connectivity index (χ3n) is 4.21. The van der Waals surface area contributed by atoms with Gasteiger partial charge in [0.05, 0.1) is 5.56 Å². The standard InChI is InChI=1S/C20H19ClN2O/c1-14-18(20(22)24)13-19(16-7-3-2-4-8-16)23(14)11-10-15-6-5-9-17(21)12-15/h2-9,12-13H,10-11H2,1H3,(H2,22,24). The van der Waals surface area contributed by atoms with Crippen LogP contribution in [0.5, 0.6) is 0 Å². The Morgan fingerprint density at radius 1 is 1.08 bits per heavy atom. The Morgan fingerprint density at radius 2 is 1.83 bits per heavy atom. The van der Waals surface area contributed by atoms with Gasteiger partial charge in [0.15, 0.2) is 0 Å². The van der Waals surface area contributed by atoms with Gasteiger partial charge in [-0.1, -0.05) is 54.1 Å². The van der Waals surface area contributed by atoms with Crippen LogP contribution in [-0.2, 0) is 13.0 Å². The van der Waals surface area contributed by atoms with Crippen molar-refractivity contribution in [2.24, 2.45) is 5.73 Å². The van der Waals surface area contributed by atoms with Crippen LogP contribution < -0.4 is 5.73 Å². The van der Waals surface area contributed by atoms with Crippen molar-refractivity contribution in [2.75, 3.05) is 0 Å². The first-order valence-corrected chi connectivity index (χ1v) is 8.24. The molecular weight excluding hydrogens is 320 g/mol. The van der Waals surface area contributed by atoms with Crippen LogP contribution in [0.3, 0.4) is 0 Å². The van der Waals surface area contributed by atoms with E-state index in [9.17, 15) is 4.79 Å². The molecule has 0 aliphatic heterocycles. The first kappa shape index (κ1) is 16.3. The number of halogens is 1. The van der Waals surface area contributed by atoms with Crippen molar-refractivity contribution in [3.8, 4) is 11.3 Å². The molecule has 0 unspecified atom stereocenters. The molecule has 0 saturated carbocycles. The molecule has 4 heteroatoms. The van der Waals surface area contributed by atoms with Crippen molar-refractivity contribution in [1.29, 1.82) is 0 Å². The van der Waals surface area contributed by atoms with E-state index in [0.717, 1.165) is 40.5 Å².